The molecule has 0 spiro atoms. The number of benzene rings is 1. The van der Waals surface area contributed by atoms with Crippen molar-refractivity contribution >= 4 is 5.57 Å². The highest BCUT2D eigenvalue weighted by molar-refractivity contribution is 5.63. The summed E-state index contributed by atoms with van der Waals surface area (Å²) in [6, 6.07) is 10.7. The van der Waals surface area contributed by atoms with Crippen LogP contribution in [0.4, 0.5) is 0 Å². The third-order valence-electron chi connectivity index (χ3n) is 3.36. The van der Waals surface area contributed by atoms with E-state index in [1.165, 1.54) is 43.2 Å². The molecular weight excluding hydrogens is 180 g/mol. The van der Waals surface area contributed by atoms with E-state index in [4.69, 9.17) is 0 Å². The van der Waals surface area contributed by atoms with Crippen molar-refractivity contribution in [3.8, 4) is 0 Å². The van der Waals surface area contributed by atoms with Crippen molar-refractivity contribution < 1.29 is 0 Å². The van der Waals surface area contributed by atoms with Crippen LogP contribution in [0.25, 0.3) is 5.57 Å². The maximum Gasteiger partial charge on any atom is -0.0228 e. The standard InChI is InChI=1S/C15H20/c1-13(15-10-6-3-7-11-15)12-14-8-4-2-5-9-14/h3,6-7,10-12,14H,2,4-5,8-9H2,1H3/b13-12+. The zero-order valence-electron chi connectivity index (χ0n) is 9.58. The molecule has 0 saturated heterocycles. The van der Waals surface area contributed by atoms with Gasteiger partial charge in [0.1, 0.15) is 0 Å². The average molecular weight is 200 g/mol. The summed E-state index contributed by atoms with van der Waals surface area (Å²) in [4.78, 5) is 0. The molecule has 0 heteroatoms. The van der Waals surface area contributed by atoms with E-state index < -0.39 is 0 Å². The lowest BCUT2D eigenvalue weighted by Crippen LogP contribution is -2.03. The van der Waals surface area contributed by atoms with Gasteiger partial charge in [0.25, 0.3) is 0 Å². The Balaban J connectivity index is 2.06. The predicted molar refractivity (Wildman–Crippen MR) is 66.7 cm³/mol. The van der Waals surface area contributed by atoms with Gasteiger partial charge in [-0.1, -0.05) is 55.7 Å². The highest BCUT2D eigenvalue weighted by Crippen LogP contribution is 2.27. The van der Waals surface area contributed by atoms with Crippen LogP contribution in [0.3, 0.4) is 0 Å². The highest BCUT2D eigenvalue weighted by Gasteiger charge is 2.10. The van der Waals surface area contributed by atoms with Crippen LogP contribution in [0.5, 0.6) is 0 Å². The summed E-state index contributed by atoms with van der Waals surface area (Å²) in [5, 5.41) is 0. The summed E-state index contributed by atoms with van der Waals surface area (Å²) in [6.07, 6.45) is 9.55. The first-order chi connectivity index (χ1) is 7.36. The first-order valence-electron chi connectivity index (χ1n) is 6.10. The molecule has 0 aliphatic heterocycles. The monoisotopic (exact) mass is 200 g/mol. The lowest BCUT2D eigenvalue weighted by Gasteiger charge is -2.19. The van der Waals surface area contributed by atoms with Crippen LogP contribution >= 0.6 is 0 Å². The van der Waals surface area contributed by atoms with Crippen LogP contribution in [-0.4, -0.2) is 0 Å². The van der Waals surface area contributed by atoms with Gasteiger partial charge in [-0.15, -0.1) is 0 Å². The van der Waals surface area contributed by atoms with Crippen molar-refractivity contribution in [3.05, 3.63) is 42.0 Å². The van der Waals surface area contributed by atoms with Crippen molar-refractivity contribution in [1.82, 2.24) is 0 Å². The Morgan fingerprint density at radius 3 is 2.40 bits per heavy atom. The number of rotatable bonds is 2. The molecule has 0 amide bonds. The molecule has 1 aliphatic carbocycles. The number of hydrogen-bond acceptors (Lipinski definition) is 0. The summed E-state index contributed by atoms with van der Waals surface area (Å²) in [5.74, 6) is 0.832. The predicted octanol–water partition coefficient (Wildman–Crippen LogP) is 4.67. The summed E-state index contributed by atoms with van der Waals surface area (Å²) in [7, 11) is 0. The van der Waals surface area contributed by atoms with Crippen LogP contribution in [0, 0.1) is 5.92 Å². The molecule has 0 aromatic heterocycles. The maximum absolute atomic E-state index is 2.48. The first kappa shape index (κ1) is 10.5. The molecule has 15 heavy (non-hydrogen) atoms. The Morgan fingerprint density at radius 1 is 1.07 bits per heavy atom. The van der Waals surface area contributed by atoms with Crippen molar-refractivity contribution in [2.45, 2.75) is 39.0 Å². The molecule has 0 nitrogen and oxygen atoms in total. The van der Waals surface area contributed by atoms with E-state index in [0.29, 0.717) is 0 Å². The molecular formula is C15H20. The molecule has 1 aromatic carbocycles. The molecule has 0 heterocycles. The number of hydrogen-bond donors (Lipinski definition) is 0. The van der Waals surface area contributed by atoms with Gasteiger partial charge < -0.3 is 0 Å². The second-order valence-corrected chi connectivity index (χ2v) is 4.61. The summed E-state index contributed by atoms with van der Waals surface area (Å²) >= 11 is 0. The molecule has 0 unspecified atom stereocenters. The third-order valence-corrected chi connectivity index (χ3v) is 3.36. The normalized spacial score (nSPS) is 19.1. The number of allylic oxidation sites excluding steroid dienone is 2. The van der Waals surface area contributed by atoms with Crippen molar-refractivity contribution in [2.75, 3.05) is 0 Å². The zero-order chi connectivity index (χ0) is 10.5. The molecule has 0 N–H and O–H groups in total. The first-order valence-corrected chi connectivity index (χ1v) is 6.10. The highest BCUT2D eigenvalue weighted by atomic mass is 14.2. The molecule has 0 bridgehead atoms. The van der Waals surface area contributed by atoms with E-state index >= 15 is 0 Å². The molecule has 2 rings (SSSR count). The van der Waals surface area contributed by atoms with E-state index in [1.54, 1.807) is 0 Å². The fourth-order valence-corrected chi connectivity index (χ4v) is 2.45. The fraction of sp³-hybridized carbons (Fsp3) is 0.467. The van der Waals surface area contributed by atoms with Crippen molar-refractivity contribution in [1.29, 1.82) is 0 Å². The fourth-order valence-electron chi connectivity index (χ4n) is 2.45. The summed E-state index contributed by atoms with van der Waals surface area (Å²) < 4.78 is 0. The Morgan fingerprint density at radius 2 is 1.73 bits per heavy atom. The minimum atomic E-state index is 0.832. The quantitative estimate of drug-likeness (QED) is 0.650. The lowest BCUT2D eigenvalue weighted by atomic mass is 9.87. The second-order valence-electron chi connectivity index (χ2n) is 4.61. The molecule has 1 aliphatic rings. The Kier molecular flexibility index (Phi) is 3.60. The van der Waals surface area contributed by atoms with E-state index in [9.17, 15) is 0 Å². The van der Waals surface area contributed by atoms with Gasteiger partial charge in [-0.3, -0.25) is 0 Å². The Hall–Kier alpha value is -1.04. The van der Waals surface area contributed by atoms with Crippen LogP contribution in [0.1, 0.15) is 44.6 Å². The van der Waals surface area contributed by atoms with Crippen molar-refractivity contribution in [2.24, 2.45) is 5.92 Å². The van der Waals surface area contributed by atoms with Gasteiger partial charge in [0, 0.05) is 0 Å². The molecule has 80 valence electrons. The topological polar surface area (TPSA) is 0 Å². The molecule has 0 atom stereocenters. The van der Waals surface area contributed by atoms with Gasteiger partial charge in [-0.2, -0.15) is 0 Å². The van der Waals surface area contributed by atoms with Crippen molar-refractivity contribution in [3.63, 3.8) is 0 Å². The van der Waals surface area contributed by atoms with E-state index in [2.05, 4.69) is 43.3 Å². The Bertz CT molecular complexity index is 315. The minimum Gasteiger partial charge on any atom is -0.0779 e. The van der Waals surface area contributed by atoms with Crippen LogP contribution in [0.2, 0.25) is 0 Å². The zero-order valence-corrected chi connectivity index (χ0v) is 9.58. The maximum atomic E-state index is 2.48. The van der Waals surface area contributed by atoms with Gasteiger partial charge in [-0.05, 0) is 36.8 Å². The van der Waals surface area contributed by atoms with Crippen LogP contribution in [0.15, 0.2) is 36.4 Å². The van der Waals surface area contributed by atoms with Gasteiger partial charge >= 0.3 is 0 Å². The largest absolute Gasteiger partial charge is 0.0779 e. The third kappa shape index (κ3) is 2.95. The molecule has 1 aromatic rings. The molecule has 1 saturated carbocycles. The van der Waals surface area contributed by atoms with Crippen LogP contribution < -0.4 is 0 Å². The van der Waals surface area contributed by atoms with Crippen LogP contribution in [-0.2, 0) is 0 Å². The average Bonchev–Trinajstić information content (AvgIpc) is 2.31. The SMILES string of the molecule is C/C(=C\C1CCCCC1)c1ccccc1. The van der Waals surface area contributed by atoms with E-state index in [-0.39, 0.29) is 0 Å². The van der Waals surface area contributed by atoms with E-state index in [0.717, 1.165) is 5.92 Å². The van der Waals surface area contributed by atoms with Gasteiger partial charge in [0.2, 0.25) is 0 Å². The second kappa shape index (κ2) is 5.16. The molecule has 1 fully saturated rings. The van der Waals surface area contributed by atoms with E-state index in [1.807, 2.05) is 0 Å². The molecule has 0 radical (unpaired) electrons. The van der Waals surface area contributed by atoms with Gasteiger partial charge in [0.15, 0.2) is 0 Å². The lowest BCUT2D eigenvalue weighted by molar-refractivity contribution is 0.420. The smallest absolute Gasteiger partial charge is 0.0228 e. The van der Waals surface area contributed by atoms with Gasteiger partial charge in [-0.25, -0.2) is 0 Å². The minimum absolute atomic E-state index is 0.832. The van der Waals surface area contributed by atoms with Gasteiger partial charge in [0.05, 0.1) is 0 Å². The summed E-state index contributed by atoms with van der Waals surface area (Å²) in [6.45, 7) is 2.24. The Labute approximate surface area is 93.0 Å². The summed E-state index contributed by atoms with van der Waals surface area (Å²) in [5.41, 5.74) is 2.82.